The molecule has 7 nitrogen and oxygen atoms in total. The van der Waals surface area contributed by atoms with Crippen molar-refractivity contribution < 1.29 is 14.7 Å². The van der Waals surface area contributed by atoms with Gasteiger partial charge in [0.25, 0.3) is 0 Å². The fraction of sp³-hybridized carbons (Fsp3) is 0.615. The topological polar surface area (TPSA) is 87.5 Å². The van der Waals surface area contributed by atoms with Gasteiger partial charge < -0.3 is 15.3 Å². The molecule has 2 heterocycles. The molecular weight excluding hydrogens is 260 g/mol. The van der Waals surface area contributed by atoms with Crippen LogP contribution in [-0.2, 0) is 18.3 Å². The summed E-state index contributed by atoms with van der Waals surface area (Å²) < 4.78 is 1.71. The van der Waals surface area contributed by atoms with Gasteiger partial charge >= 0.3 is 12.0 Å². The fourth-order valence-electron chi connectivity index (χ4n) is 2.50. The average Bonchev–Trinajstić information content (AvgIpc) is 2.96. The van der Waals surface area contributed by atoms with E-state index in [-0.39, 0.29) is 6.03 Å². The van der Waals surface area contributed by atoms with Crippen LogP contribution in [0.4, 0.5) is 4.79 Å². The Morgan fingerprint density at radius 3 is 2.90 bits per heavy atom. The van der Waals surface area contributed by atoms with E-state index in [1.807, 2.05) is 19.3 Å². The lowest BCUT2D eigenvalue weighted by molar-refractivity contribution is -0.147. The minimum Gasteiger partial charge on any atom is -0.480 e. The highest BCUT2D eigenvalue weighted by molar-refractivity contribution is 5.86. The lowest BCUT2D eigenvalue weighted by Gasteiger charge is -2.31. The van der Waals surface area contributed by atoms with Crippen LogP contribution in [-0.4, -0.2) is 50.4 Å². The molecule has 2 rings (SSSR count). The Morgan fingerprint density at radius 2 is 2.30 bits per heavy atom. The lowest BCUT2D eigenvalue weighted by atomic mass is 10.00. The molecule has 1 fully saturated rings. The molecule has 2 N–H and O–H groups in total. The van der Waals surface area contributed by atoms with Gasteiger partial charge in [-0.25, -0.2) is 9.59 Å². The molecule has 0 bridgehead atoms. The van der Waals surface area contributed by atoms with Gasteiger partial charge in [-0.15, -0.1) is 0 Å². The highest BCUT2D eigenvalue weighted by Crippen LogP contribution is 2.29. The van der Waals surface area contributed by atoms with Crippen LogP contribution in [0, 0.1) is 0 Å². The molecule has 2 amide bonds. The lowest BCUT2D eigenvalue weighted by Crippen LogP contribution is -2.54. The van der Waals surface area contributed by atoms with E-state index in [0.717, 1.165) is 12.1 Å². The van der Waals surface area contributed by atoms with Gasteiger partial charge in [-0.2, -0.15) is 5.10 Å². The standard InChI is InChI=1S/C13H20N4O3/c1-13(11(18)19)6-3-8-17(13)12(20)14-7-4-10-5-9-16(2)15-10/h5,9H,3-4,6-8H2,1-2H3,(H,14,20)(H,18,19). The van der Waals surface area contributed by atoms with Gasteiger partial charge in [0.1, 0.15) is 5.54 Å². The molecule has 1 aliphatic rings. The molecule has 7 heteroatoms. The first-order chi connectivity index (χ1) is 9.43. The number of likely N-dealkylation sites (tertiary alicyclic amines) is 1. The van der Waals surface area contributed by atoms with E-state index >= 15 is 0 Å². The van der Waals surface area contributed by atoms with Gasteiger partial charge in [0, 0.05) is 32.8 Å². The predicted molar refractivity (Wildman–Crippen MR) is 72.3 cm³/mol. The van der Waals surface area contributed by atoms with Gasteiger partial charge in [0.2, 0.25) is 0 Å². The van der Waals surface area contributed by atoms with E-state index in [4.69, 9.17) is 0 Å². The Bertz CT molecular complexity index is 513. The SMILES string of the molecule is Cn1ccc(CCNC(=O)N2CCCC2(C)C(=O)O)n1. The summed E-state index contributed by atoms with van der Waals surface area (Å²) in [5.74, 6) is -0.949. The molecule has 0 radical (unpaired) electrons. The Hall–Kier alpha value is -2.05. The van der Waals surface area contributed by atoms with Crippen molar-refractivity contribution in [3.63, 3.8) is 0 Å². The third-order valence-electron chi connectivity index (χ3n) is 3.77. The highest BCUT2D eigenvalue weighted by atomic mass is 16.4. The van der Waals surface area contributed by atoms with Crippen LogP contribution in [0.25, 0.3) is 0 Å². The number of aromatic nitrogens is 2. The molecule has 1 aromatic rings. The van der Waals surface area contributed by atoms with Crippen molar-refractivity contribution in [3.05, 3.63) is 18.0 Å². The summed E-state index contributed by atoms with van der Waals surface area (Å²) in [6.07, 6.45) is 3.69. The summed E-state index contributed by atoms with van der Waals surface area (Å²) in [7, 11) is 1.84. The van der Waals surface area contributed by atoms with Gasteiger partial charge in [-0.05, 0) is 25.8 Å². The summed E-state index contributed by atoms with van der Waals surface area (Å²) in [4.78, 5) is 24.8. The Morgan fingerprint density at radius 1 is 1.55 bits per heavy atom. The molecule has 20 heavy (non-hydrogen) atoms. The fourth-order valence-corrected chi connectivity index (χ4v) is 2.50. The van der Waals surface area contributed by atoms with Crippen LogP contribution in [0.2, 0.25) is 0 Å². The summed E-state index contributed by atoms with van der Waals surface area (Å²) in [5, 5.41) is 16.2. The smallest absolute Gasteiger partial charge is 0.329 e. The van der Waals surface area contributed by atoms with E-state index in [9.17, 15) is 14.7 Å². The number of carbonyl (C=O) groups is 2. The van der Waals surface area contributed by atoms with Crippen LogP contribution in [0.1, 0.15) is 25.5 Å². The Balaban J connectivity index is 1.87. The normalized spacial score (nSPS) is 22.0. The minimum absolute atomic E-state index is 0.316. The van der Waals surface area contributed by atoms with Gasteiger partial charge in [0.15, 0.2) is 0 Å². The van der Waals surface area contributed by atoms with Crippen LogP contribution in [0.15, 0.2) is 12.3 Å². The third kappa shape index (κ3) is 2.76. The van der Waals surface area contributed by atoms with Crippen molar-refractivity contribution in [1.82, 2.24) is 20.0 Å². The first kappa shape index (κ1) is 14.4. The number of aryl methyl sites for hydroxylation is 1. The number of rotatable bonds is 4. The molecule has 0 aromatic carbocycles. The molecule has 0 saturated carbocycles. The minimum atomic E-state index is -1.09. The van der Waals surface area contributed by atoms with E-state index in [1.54, 1.807) is 11.6 Å². The first-order valence-corrected chi connectivity index (χ1v) is 6.71. The first-order valence-electron chi connectivity index (χ1n) is 6.71. The number of amides is 2. The second-order valence-corrected chi connectivity index (χ2v) is 5.30. The number of nitrogens with one attached hydrogen (secondary N) is 1. The molecule has 110 valence electrons. The largest absolute Gasteiger partial charge is 0.480 e. The second kappa shape index (κ2) is 5.52. The average molecular weight is 280 g/mol. The second-order valence-electron chi connectivity index (χ2n) is 5.30. The summed E-state index contributed by atoms with van der Waals surface area (Å²) in [6.45, 7) is 2.53. The number of hydrogen-bond acceptors (Lipinski definition) is 3. The van der Waals surface area contributed by atoms with E-state index in [2.05, 4.69) is 10.4 Å². The summed E-state index contributed by atoms with van der Waals surface area (Å²) in [5.41, 5.74) is -0.190. The van der Waals surface area contributed by atoms with Crippen molar-refractivity contribution in [2.75, 3.05) is 13.1 Å². The molecule has 1 unspecified atom stereocenters. The summed E-state index contributed by atoms with van der Waals surface area (Å²) in [6, 6.07) is 1.58. The molecule has 1 aliphatic heterocycles. The Labute approximate surface area is 117 Å². The predicted octanol–water partition coefficient (Wildman–Crippen LogP) is 0.611. The van der Waals surface area contributed by atoms with E-state index in [1.165, 1.54) is 4.90 Å². The van der Waals surface area contributed by atoms with E-state index in [0.29, 0.717) is 25.9 Å². The molecular formula is C13H20N4O3. The van der Waals surface area contributed by atoms with Crippen LogP contribution >= 0.6 is 0 Å². The van der Waals surface area contributed by atoms with Crippen molar-refractivity contribution >= 4 is 12.0 Å². The zero-order valence-corrected chi connectivity index (χ0v) is 11.8. The maximum atomic E-state index is 12.1. The maximum absolute atomic E-state index is 12.1. The number of carbonyl (C=O) groups excluding carboxylic acids is 1. The van der Waals surface area contributed by atoms with E-state index < -0.39 is 11.5 Å². The molecule has 1 aromatic heterocycles. The van der Waals surface area contributed by atoms with Crippen LogP contribution < -0.4 is 5.32 Å². The molecule has 0 aliphatic carbocycles. The zero-order chi connectivity index (χ0) is 14.8. The third-order valence-corrected chi connectivity index (χ3v) is 3.77. The van der Waals surface area contributed by atoms with Crippen molar-refractivity contribution in [1.29, 1.82) is 0 Å². The van der Waals surface area contributed by atoms with Gasteiger partial charge in [-0.3, -0.25) is 4.68 Å². The molecule has 0 spiro atoms. The van der Waals surface area contributed by atoms with Crippen LogP contribution in [0.5, 0.6) is 0 Å². The monoisotopic (exact) mass is 280 g/mol. The summed E-state index contributed by atoms with van der Waals surface area (Å²) >= 11 is 0. The molecule has 1 atom stereocenters. The zero-order valence-electron chi connectivity index (χ0n) is 11.8. The number of hydrogen-bond donors (Lipinski definition) is 2. The quantitative estimate of drug-likeness (QED) is 0.846. The van der Waals surface area contributed by atoms with Crippen LogP contribution in [0.3, 0.4) is 0 Å². The number of aliphatic carboxylic acids is 1. The maximum Gasteiger partial charge on any atom is 0.329 e. The number of carboxylic acid groups (broad SMARTS) is 1. The number of carboxylic acids is 1. The number of nitrogens with zero attached hydrogens (tertiary/aromatic N) is 3. The van der Waals surface area contributed by atoms with Crippen molar-refractivity contribution in [2.45, 2.75) is 31.7 Å². The Kier molecular flexibility index (Phi) is 3.96. The van der Waals surface area contributed by atoms with Crippen molar-refractivity contribution in [3.8, 4) is 0 Å². The van der Waals surface area contributed by atoms with Crippen molar-refractivity contribution in [2.24, 2.45) is 7.05 Å². The molecule has 1 saturated heterocycles. The van der Waals surface area contributed by atoms with Gasteiger partial charge in [0.05, 0.1) is 5.69 Å². The van der Waals surface area contributed by atoms with Gasteiger partial charge in [-0.1, -0.05) is 0 Å². The number of urea groups is 1. The highest BCUT2D eigenvalue weighted by Gasteiger charge is 2.45.